The summed E-state index contributed by atoms with van der Waals surface area (Å²) in [5.41, 5.74) is -0.466. The maximum absolute atomic E-state index is 12.6. The number of thioether (sulfide) groups is 1. The minimum atomic E-state index is -0.466. The Morgan fingerprint density at radius 1 is 1.50 bits per heavy atom. The molecule has 0 spiro atoms. The maximum Gasteiger partial charge on any atom is 0.327 e. The number of thiophene rings is 1. The van der Waals surface area contributed by atoms with Gasteiger partial charge in [0.1, 0.15) is 5.54 Å². The van der Waals surface area contributed by atoms with Crippen molar-refractivity contribution in [3.8, 4) is 0 Å². The quantitative estimate of drug-likeness (QED) is 0.590. The third-order valence-corrected chi connectivity index (χ3v) is 6.21. The Labute approximate surface area is 128 Å². The molecule has 1 atom stereocenters. The Kier molecular flexibility index (Phi) is 4.38. The van der Waals surface area contributed by atoms with E-state index in [9.17, 15) is 4.79 Å². The van der Waals surface area contributed by atoms with E-state index in [4.69, 9.17) is 4.74 Å². The van der Waals surface area contributed by atoms with Crippen LogP contribution in [0, 0.1) is 5.92 Å². The van der Waals surface area contributed by atoms with Crippen LogP contribution in [0.1, 0.15) is 32.6 Å². The molecule has 0 aromatic carbocycles. The van der Waals surface area contributed by atoms with Crippen molar-refractivity contribution in [3.05, 3.63) is 17.5 Å². The Morgan fingerprint density at radius 2 is 2.30 bits per heavy atom. The molecule has 0 bridgehead atoms. The molecule has 0 saturated heterocycles. The SMILES string of the molecule is CCOC(=O)C(CSc1cccs1)(NC1CC1)C1CC1. The average molecular weight is 311 g/mol. The molecule has 1 heterocycles. The van der Waals surface area contributed by atoms with Crippen molar-refractivity contribution in [1.29, 1.82) is 0 Å². The molecule has 5 heteroatoms. The fourth-order valence-corrected chi connectivity index (χ4v) is 4.57. The highest BCUT2D eigenvalue weighted by Gasteiger charge is 2.53. The minimum absolute atomic E-state index is 0.0431. The van der Waals surface area contributed by atoms with Crippen LogP contribution < -0.4 is 5.32 Å². The average Bonchev–Trinajstić information content (AvgIpc) is 3.35. The van der Waals surface area contributed by atoms with Crippen LogP contribution in [0.5, 0.6) is 0 Å². The van der Waals surface area contributed by atoms with Crippen LogP contribution in [0.15, 0.2) is 21.7 Å². The summed E-state index contributed by atoms with van der Waals surface area (Å²) in [6, 6.07) is 4.70. The summed E-state index contributed by atoms with van der Waals surface area (Å²) in [7, 11) is 0. The molecule has 2 aliphatic rings. The van der Waals surface area contributed by atoms with Crippen molar-refractivity contribution >= 4 is 29.1 Å². The van der Waals surface area contributed by atoms with Gasteiger partial charge in [-0.05, 0) is 50.0 Å². The lowest BCUT2D eigenvalue weighted by molar-refractivity contribution is -0.151. The predicted octanol–water partition coefficient (Wildman–Crippen LogP) is 3.30. The van der Waals surface area contributed by atoms with Gasteiger partial charge in [0.25, 0.3) is 0 Å². The number of carbonyl (C=O) groups is 1. The number of ether oxygens (including phenoxy) is 1. The summed E-state index contributed by atoms with van der Waals surface area (Å²) in [5.74, 6) is 1.20. The van der Waals surface area contributed by atoms with E-state index >= 15 is 0 Å². The zero-order chi connectivity index (χ0) is 14.0. The zero-order valence-electron chi connectivity index (χ0n) is 11.8. The van der Waals surface area contributed by atoms with E-state index in [0.29, 0.717) is 18.6 Å². The first kappa shape index (κ1) is 14.4. The van der Waals surface area contributed by atoms with Gasteiger partial charge in [-0.3, -0.25) is 10.1 Å². The molecule has 2 fully saturated rings. The molecule has 0 radical (unpaired) electrons. The number of hydrogen-bond donors (Lipinski definition) is 1. The molecule has 1 aromatic rings. The Hall–Kier alpha value is -0.520. The Balaban J connectivity index is 1.74. The van der Waals surface area contributed by atoms with Crippen molar-refractivity contribution in [1.82, 2.24) is 5.32 Å². The van der Waals surface area contributed by atoms with E-state index in [1.54, 1.807) is 23.1 Å². The molecule has 3 rings (SSSR count). The molecule has 0 aliphatic heterocycles. The summed E-state index contributed by atoms with van der Waals surface area (Å²) in [6.45, 7) is 2.35. The second kappa shape index (κ2) is 6.08. The summed E-state index contributed by atoms with van der Waals surface area (Å²) < 4.78 is 6.67. The van der Waals surface area contributed by atoms with E-state index < -0.39 is 5.54 Å². The monoisotopic (exact) mass is 311 g/mol. The number of rotatable bonds is 8. The molecule has 1 unspecified atom stereocenters. The molecule has 3 nitrogen and oxygen atoms in total. The molecule has 0 amide bonds. The maximum atomic E-state index is 12.6. The van der Waals surface area contributed by atoms with Crippen molar-refractivity contribution in [2.45, 2.75) is 48.4 Å². The first-order valence-corrected chi connectivity index (χ1v) is 9.22. The van der Waals surface area contributed by atoms with Crippen LogP contribution in [0.25, 0.3) is 0 Å². The highest BCUT2D eigenvalue weighted by atomic mass is 32.2. The predicted molar refractivity (Wildman–Crippen MR) is 83.3 cm³/mol. The van der Waals surface area contributed by atoms with E-state index in [-0.39, 0.29) is 5.97 Å². The second-order valence-corrected chi connectivity index (χ2v) is 7.83. The Bertz CT molecular complexity index is 454. The van der Waals surface area contributed by atoms with Gasteiger partial charge >= 0.3 is 5.97 Å². The van der Waals surface area contributed by atoms with Crippen LogP contribution in [-0.4, -0.2) is 29.9 Å². The lowest BCUT2D eigenvalue weighted by atomic mass is 9.95. The van der Waals surface area contributed by atoms with Crippen molar-refractivity contribution in [2.24, 2.45) is 5.92 Å². The van der Waals surface area contributed by atoms with Crippen LogP contribution in [0.4, 0.5) is 0 Å². The third kappa shape index (κ3) is 3.21. The minimum Gasteiger partial charge on any atom is -0.465 e. The first-order valence-electron chi connectivity index (χ1n) is 7.36. The van der Waals surface area contributed by atoms with Gasteiger partial charge in [0.15, 0.2) is 0 Å². The van der Waals surface area contributed by atoms with E-state index in [2.05, 4.69) is 22.8 Å². The second-order valence-electron chi connectivity index (χ2n) is 5.61. The molecule has 110 valence electrons. The largest absolute Gasteiger partial charge is 0.465 e. The van der Waals surface area contributed by atoms with E-state index in [1.807, 2.05) is 6.92 Å². The zero-order valence-corrected chi connectivity index (χ0v) is 13.4. The van der Waals surface area contributed by atoms with Crippen LogP contribution in [-0.2, 0) is 9.53 Å². The van der Waals surface area contributed by atoms with Gasteiger partial charge in [0.05, 0.1) is 10.8 Å². The summed E-state index contributed by atoms with van der Waals surface area (Å²) >= 11 is 3.52. The van der Waals surface area contributed by atoms with E-state index in [1.165, 1.54) is 17.1 Å². The Morgan fingerprint density at radius 3 is 2.85 bits per heavy atom. The van der Waals surface area contributed by atoms with Gasteiger partial charge in [-0.2, -0.15) is 0 Å². The fourth-order valence-electron chi connectivity index (χ4n) is 2.52. The first-order chi connectivity index (χ1) is 9.74. The molecular formula is C15H21NO2S2. The van der Waals surface area contributed by atoms with Gasteiger partial charge in [-0.25, -0.2) is 0 Å². The van der Waals surface area contributed by atoms with Crippen LogP contribution in [0.3, 0.4) is 0 Å². The number of carbonyl (C=O) groups excluding carboxylic acids is 1. The van der Waals surface area contributed by atoms with Crippen molar-refractivity contribution in [3.63, 3.8) is 0 Å². The summed E-state index contributed by atoms with van der Waals surface area (Å²) in [6.07, 6.45) is 4.67. The number of esters is 1. The van der Waals surface area contributed by atoms with Gasteiger partial charge in [-0.15, -0.1) is 23.1 Å². The van der Waals surface area contributed by atoms with Gasteiger partial charge in [-0.1, -0.05) is 6.07 Å². The summed E-state index contributed by atoms with van der Waals surface area (Å²) in [5, 5.41) is 5.71. The summed E-state index contributed by atoms with van der Waals surface area (Å²) in [4.78, 5) is 12.6. The van der Waals surface area contributed by atoms with Gasteiger partial charge in [0, 0.05) is 11.8 Å². The molecular weight excluding hydrogens is 290 g/mol. The van der Waals surface area contributed by atoms with Crippen molar-refractivity contribution in [2.75, 3.05) is 12.4 Å². The number of hydrogen-bond acceptors (Lipinski definition) is 5. The molecule has 20 heavy (non-hydrogen) atoms. The highest BCUT2D eigenvalue weighted by molar-refractivity contribution is 8.01. The van der Waals surface area contributed by atoms with Gasteiger partial charge in [0.2, 0.25) is 0 Å². The fraction of sp³-hybridized carbons (Fsp3) is 0.667. The lowest BCUT2D eigenvalue weighted by Crippen LogP contribution is -2.57. The van der Waals surface area contributed by atoms with E-state index in [0.717, 1.165) is 18.6 Å². The topological polar surface area (TPSA) is 38.3 Å². The van der Waals surface area contributed by atoms with Crippen LogP contribution >= 0.6 is 23.1 Å². The number of nitrogens with one attached hydrogen (secondary N) is 1. The smallest absolute Gasteiger partial charge is 0.327 e. The third-order valence-electron chi connectivity index (χ3n) is 3.89. The normalized spacial score (nSPS) is 21.4. The van der Waals surface area contributed by atoms with Crippen molar-refractivity contribution < 1.29 is 9.53 Å². The van der Waals surface area contributed by atoms with Crippen LogP contribution in [0.2, 0.25) is 0 Å². The molecule has 2 aliphatic carbocycles. The van der Waals surface area contributed by atoms with Gasteiger partial charge < -0.3 is 4.74 Å². The highest BCUT2D eigenvalue weighted by Crippen LogP contribution is 2.45. The standard InChI is InChI=1S/C15H21NO2S2/c1-2-18-14(17)15(11-5-6-11,16-12-7-8-12)10-20-13-4-3-9-19-13/h3-4,9,11-12,16H,2,5-8,10H2,1H3. The molecule has 1 aromatic heterocycles. The lowest BCUT2D eigenvalue weighted by Gasteiger charge is -2.32. The molecule has 2 saturated carbocycles. The molecule has 1 N–H and O–H groups in total.